The van der Waals surface area contributed by atoms with Gasteiger partial charge in [-0.1, -0.05) is 13.0 Å². The first-order valence-electron chi connectivity index (χ1n) is 5.23. The largest absolute Gasteiger partial charge is 0.461 e. The smallest absolute Gasteiger partial charge is 0.417 e. The molecule has 0 aliphatic carbocycles. The van der Waals surface area contributed by atoms with Gasteiger partial charge >= 0.3 is 6.18 Å². The normalized spacial score (nSPS) is 14.2. The summed E-state index contributed by atoms with van der Waals surface area (Å²) in [4.78, 5) is 0. The monoisotopic (exact) mass is 243 g/mol. The first-order valence-corrected chi connectivity index (χ1v) is 5.23. The second-order valence-electron chi connectivity index (χ2n) is 4.00. The number of fused-ring (bicyclic) bond motifs is 1. The lowest BCUT2D eigenvalue weighted by molar-refractivity contribution is -0.136. The number of benzene rings is 1. The highest BCUT2D eigenvalue weighted by molar-refractivity contribution is 5.82. The van der Waals surface area contributed by atoms with Crippen molar-refractivity contribution in [3.8, 4) is 0 Å². The minimum Gasteiger partial charge on any atom is -0.461 e. The number of alkyl halides is 3. The third kappa shape index (κ3) is 2.15. The number of rotatable bonds is 2. The quantitative estimate of drug-likeness (QED) is 0.876. The number of furan rings is 1. The fourth-order valence-corrected chi connectivity index (χ4v) is 1.69. The van der Waals surface area contributed by atoms with E-state index in [-0.39, 0.29) is 16.9 Å². The van der Waals surface area contributed by atoms with Crippen LogP contribution in [0, 0.1) is 0 Å². The molecule has 0 aliphatic rings. The maximum absolute atomic E-state index is 12.7. The molecule has 1 heterocycles. The SMILES string of the molecule is CC(CN)c1cc2c(C(F)(F)F)cccc2o1. The van der Waals surface area contributed by atoms with Gasteiger partial charge < -0.3 is 10.2 Å². The van der Waals surface area contributed by atoms with Gasteiger partial charge in [0.25, 0.3) is 0 Å². The minimum absolute atomic E-state index is 0.0929. The van der Waals surface area contributed by atoms with E-state index >= 15 is 0 Å². The lowest BCUT2D eigenvalue weighted by atomic mass is 10.1. The fraction of sp³-hybridized carbons (Fsp3) is 0.333. The Morgan fingerprint density at radius 1 is 1.35 bits per heavy atom. The van der Waals surface area contributed by atoms with Crippen molar-refractivity contribution in [1.29, 1.82) is 0 Å². The zero-order valence-electron chi connectivity index (χ0n) is 9.21. The van der Waals surface area contributed by atoms with Crippen LogP contribution in [0.1, 0.15) is 24.2 Å². The van der Waals surface area contributed by atoms with Crippen molar-refractivity contribution in [1.82, 2.24) is 0 Å². The van der Waals surface area contributed by atoms with Crippen LogP contribution in [0.2, 0.25) is 0 Å². The van der Waals surface area contributed by atoms with Crippen LogP contribution in [0.4, 0.5) is 13.2 Å². The zero-order valence-corrected chi connectivity index (χ0v) is 9.21. The van der Waals surface area contributed by atoms with Crippen molar-refractivity contribution in [2.45, 2.75) is 19.0 Å². The summed E-state index contributed by atoms with van der Waals surface area (Å²) in [5.41, 5.74) is 5.04. The molecule has 2 aromatic rings. The van der Waals surface area contributed by atoms with Gasteiger partial charge in [-0.15, -0.1) is 0 Å². The van der Waals surface area contributed by atoms with Crippen LogP contribution in [0.25, 0.3) is 11.0 Å². The standard InChI is InChI=1S/C12H12F3NO/c1-7(6-16)11-5-8-9(12(13,14)15)3-2-4-10(8)17-11/h2-5,7H,6,16H2,1H3. The molecule has 17 heavy (non-hydrogen) atoms. The molecule has 0 spiro atoms. The van der Waals surface area contributed by atoms with Crippen LogP contribution >= 0.6 is 0 Å². The molecule has 92 valence electrons. The third-order valence-electron chi connectivity index (χ3n) is 2.73. The second-order valence-corrected chi connectivity index (χ2v) is 4.00. The minimum atomic E-state index is -4.37. The van der Waals surface area contributed by atoms with E-state index < -0.39 is 11.7 Å². The van der Waals surface area contributed by atoms with Gasteiger partial charge in [0.15, 0.2) is 0 Å². The molecule has 0 aliphatic heterocycles. The summed E-state index contributed by atoms with van der Waals surface area (Å²) in [5.74, 6) is 0.391. The van der Waals surface area contributed by atoms with Crippen molar-refractivity contribution in [2.75, 3.05) is 6.54 Å². The molecule has 0 fully saturated rings. The number of hydrogen-bond acceptors (Lipinski definition) is 2. The molecule has 1 aromatic heterocycles. The Morgan fingerprint density at radius 3 is 2.65 bits per heavy atom. The lowest BCUT2D eigenvalue weighted by Gasteiger charge is -2.06. The van der Waals surface area contributed by atoms with E-state index in [0.717, 1.165) is 6.07 Å². The molecule has 1 atom stereocenters. The molecule has 5 heteroatoms. The summed E-state index contributed by atoms with van der Waals surface area (Å²) in [6.07, 6.45) is -4.37. The molecule has 0 saturated heterocycles. The molecule has 0 bridgehead atoms. The van der Waals surface area contributed by atoms with E-state index in [0.29, 0.717) is 12.3 Å². The Kier molecular flexibility index (Phi) is 2.87. The third-order valence-corrected chi connectivity index (χ3v) is 2.73. The van der Waals surface area contributed by atoms with Gasteiger partial charge in [0.1, 0.15) is 11.3 Å². The van der Waals surface area contributed by atoms with E-state index in [9.17, 15) is 13.2 Å². The first kappa shape index (κ1) is 12.0. The average Bonchev–Trinajstić information content (AvgIpc) is 2.69. The summed E-state index contributed by atoms with van der Waals surface area (Å²) in [6, 6.07) is 5.34. The Bertz CT molecular complexity index is 530. The van der Waals surface area contributed by atoms with Gasteiger partial charge in [0.05, 0.1) is 5.56 Å². The Labute approximate surface area is 96.2 Å². The highest BCUT2D eigenvalue weighted by Gasteiger charge is 2.33. The fourth-order valence-electron chi connectivity index (χ4n) is 1.69. The van der Waals surface area contributed by atoms with Gasteiger partial charge in [-0.05, 0) is 18.2 Å². The Balaban J connectivity index is 2.61. The molecule has 2 nitrogen and oxygen atoms in total. The van der Waals surface area contributed by atoms with Gasteiger partial charge in [0.2, 0.25) is 0 Å². The number of hydrogen-bond donors (Lipinski definition) is 1. The molecular weight excluding hydrogens is 231 g/mol. The molecule has 2 N–H and O–H groups in total. The molecule has 1 aromatic carbocycles. The number of halogens is 3. The van der Waals surface area contributed by atoms with Gasteiger partial charge in [-0.2, -0.15) is 13.2 Å². The van der Waals surface area contributed by atoms with E-state index in [2.05, 4.69) is 0 Å². The summed E-state index contributed by atoms with van der Waals surface area (Å²) >= 11 is 0. The van der Waals surface area contributed by atoms with Gasteiger partial charge in [-0.25, -0.2) is 0 Å². The molecule has 0 saturated carbocycles. The van der Waals surface area contributed by atoms with Crippen LogP contribution in [0.5, 0.6) is 0 Å². The summed E-state index contributed by atoms with van der Waals surface area (Å²) < 4.78 is 43.6. The Morgan fingerprint density at radius 2 is 2.06 bits per heavy atom. The van der Waals surface area contributed by atoms with Gasteiger partial charge in [-0.3, -0.25) is 0 Å². The van der Waals surface area contributed by atoms with Crippen LogP contribution in [-0.4, -0.2) is 6.54 Å². The second kappa shape index (κ2) is 4.07. The molecule has 0 radical (unpaired) electrons. The van der Waals surface area contributed by atoms with Crippen LogP contribution in [-0.2, 0) is 6.18 Å². The summed E-state index contributed by atoms with van der Waals surface area (Å²) in [7, 11) is 0. The zero-order chi connectivity index (χ0) is 12.6. The average molecular weight is 243 g/mol. The molecule has 0 amide bonds. The predicted molar refractivity (Wildman–Crippen MR) is 58.7 cm³/mol. The molecule has 1 unspecified atom stereocenters. The van der Waals surface area contributed by atoms with Crippen molar-refractivity contribution in [3.63, 3.8) is 0 Å². The van der Waals surface area contributed by atoms with Gasteiger partial charge in [0, 0.05) is 17.8 Å². The van der Waals surface area contributed by atoms with Crippen molar-refractivity contribution < 1.29 is 17.6 Å². The van der Waals surface area contributed by atoms with E-state index in [1.807, 2.05) is 6.92 Å². The summed E-state index contributed by atoms with van der Waals surface area (Å²) in [5, 5.41) is 0.0929. The van der Waals surface area contributed by atoms with Crippen LogP contribution in [0.15, 0.2) is 28.7 Å². The topological polar surface area (TPSA) is 39.2 Å². The predicted octanol–water partition coefficient (Wildman–Crippen LogP) is 3.51. The van der Waals surface area contributed by atoms with Crippen LogP contribution in [0.3, 0.4) is 0 Å². The highest BCUT2D eigenvalue weighted by atomic mass is 19.4. The van der Waals surface area contributed by atoms with Crippen LogP contribution < -0.4 is 5.73 Å². The van der Waals surface area contributed by atoms with Crippen molar-refractivity contribution in [3.05, 3.63) is 35.6 Å². The van der Waals surface area contributed by atoms with Crippen molar-refractivity contribution >= 4 is 11.0 Å². The molecular formula is C12H12F3NO. The van der Waals surface area contributed by atoms with Crippen molar-refractivity contribution in [2.24, 2.45) is 5.73 Å². The maximum Gasteiger partial charge on any atom is 0.417 e. The maximum atomic E-state index is 12.7. The summed E-state index contributed by atoms with van der Waals surface area (Å²) in [6.45, 7) is 2.14. The van der Waals surface area contributed by atoms with E-state index in [4.69, 9.17) is 10.2 Å². The van der Waals surface area contributed by atoms with E-state index in [1.165, 1.54) is 18.2 Å². The molecule has 2 rings (SSSR count). The van der Waals surface area contributed by atoms with E-state index in [1.54, 1.807) is 0 Å². The lowest BCUT2D eigenvalue weighted by Crippen LogP contribution is -2.07. The number of nitrogens with two attached hydrogens (primary N) is 1. The first-order chi connectivity index (χ1) is 7.93. The highest BCUT2D eigenvalue weighted by Crippen LogP contribution is 2.36. The Hall–Kier alpha value is -1.49.